The summed E-state index contributed by atoms with van der Waals surface area (Å²) in [5.74, 6) is -0.788. The average molecular weight is 306 g/mol. The van der Waals surface area contributed by atoms with Crippen LogP contribution >= 0.6 is 0 Å². The fourth-order valence-electron chi connectivity index (χ4n) is 1.78. The molecular weight excluding hydrogens is 293 g/mol. The van der Waals surface area contributed by atoms with Gasteiger partial charge in [-0.2, -0.15) is 13.2 Å². The van der Waals surface area contributed by atoms with E-state index in [0.29, 0.717) is 0 Å². The van der Waals surface area contributed by atoms with Gasteiger partial charge in [-0.3, -0.25) is 0 Å². The van der Waals surface area contributed by atoms with Gasteiger partial charge < -0.3 is 4.74 Å². The summed E-state index contributed by atoms with van der Waals surface area (Å²) in [6.07, 6.45) is -1.09. The van der Waals surface area contributed by atoms with E-state index in [4.69, 9.17) is 4.74 Å². The number of halogens is 3. The third-order valence-electron chi connectivity index (χ3n) is 2.85. The van der Waals surface area contributed by atoms with Gasteiger partial charge in [-0.15, -0.1) is 0 Å². The van der Waals surface area contributed by atoms with Crippen molar-refractivity contribution in [2.24, 2.45) is 0 Å². The molecule has 0 aliphatic heterocycles. The first-order valence-corrected chi connectivity index (χ1v) is 6.53. The van der Waals surface area contributed by atoms with Gasteiger partial charge in [-0.1, -0.05) is 42.5 Å². The Morgan fingerprint density at radius 3 is 2.45 bits per heavy atom. The maximum Gasteiger partial charge on any atom is 0.416 e. The van der Waals surface area contributed by atoms with E-state index in [1.807, 2.05) is 30.3 Å². The van der Waals surface area contributed by atoms with Crippen LogP contribution in [0.2, 0.25) is 0 Å². The van der Waals surface area contributed by atoms with Crippen LogP contribution < -0.4 is 0 Å². The topological polar surface area (TPSA) is 26.3 Å². The van der Waals surface area contributed by atoms with Crippen LogP contribution in [-0.4, -0.2) is 12.6 Å². The van der Waals surface area contributed by atoms with Crippen molar-refractivity contribution in [1.82, 2.24) is 0 Å². The summed E-state index contributed by atoms with van der Waals surface area (Å²) in [6.45, 7) is -0.00995. The van der Waals surface area contributed by atoms with Crippen molar-refractivity contribution in [1.29, 1.82) is 0 Å². The van der Waals surface area contributed by atoms with Crippen molar-refractivity contribution in [3.8, 4) is 0 Å². The maximum absolute atomic E-state index is 12.6. The number of benzene rings is 2. The van der Waals surface area contributed by atoms with Gasteiger partial charge in [0.15, 0.2) is 0 Å². The molecule has 22 heavy (non-hydrogen) atoms. The Morgan fingerprint density at radius 2 is 1.77 bits per heavy atom. The highest BCUT2D eigenvalue weighted by atomic mass is 19.4. The molecule has 2 rings (SSSR count). The number of esters is 1. The second kappa shape index (κ2) is 6.93. The molecule has 0 bridgehead atoms. The predicted octanol–water partition coefficient (Wildman–Crippen LogP) is 4.58. The van der Waals surface area contributed by atoms with E-state index < -0.39 is 17.7 Å². The fourth-order valence-corrected chi connectivity index (χ4v) is 1.78. The molecule has 2 aromatic rings. The number of carbonyl (C=O) groups is 1. The zero-order chi connectivity index (χ0) is 16.0. The van der Waals surface area contributed by atoms with E-state index in [1.165, 1.54) is 12.1 Å². The summed E-state index contributed by atoms with van der Waals surface area (Å²) in [6, 6.07) is 13.5. The van der Waals surface area contributed by atoms with E-state index in [1.54, 1.807) is 12.2 Å². The van der Waals surface area contributed by atoms with Crippen LogP contribution in [0.15, 0.2) is 60.7 Å². The molecule has 0 saturated carbocycles. The summed E-state index contributed by atoms with van der Waals surface area (Å²) < 4.78 is 42.6. The third kappa shape index (κ3) is 4.48. The molecule has 0 unspecified atom stereocenters. The average Bonchev–Trinajstić information content (AvgIpc) is 2.52. The number of hydrogen-bond acceptors (Lipinski definition) is 2. The van der Waals surface area contributed by atoms with Gasteiger partial charge in [0, 0.05) is 0 Å². The molecular formula is C17H13F3O2. The zero-order valence-electron chi connectivity index (χ0n) is 11.5. The smallest absolute Gasteiger partial charge is 0.416 e. The van der Waals surface area contributed by atoms with Crippen LogP contribution in [0, 0.1) is 0 Å². The van der Waals surface area contributed by atoms with E-state index in [2.05, 4.69) is 0 Å². The lowest BCUT2D eigenvalue weighted by molar-refractivity contribution is -0.137. The molecule has 5 heteroatoms. The number of carbonyl (C=O) groups excluding carboxylic acids is 1. The molecule has 0 heterocycles. The molecule has 0 spiro atoms. The normalized spacial score (nSPS) is 11.6. The summed E-state index contributed by atoms with van der Waals surface area (Å²) in [4.78, 5) is 11.7. The molecule has 0 radical (unpaired) electrons. The van der Waals surface area contributed by atoms with Gasteiger partial charge >= 0.3 is 12.1 Å². The van der Waals surface area contributed by atoms with Crippen LogP contribution in [0.25, 0.3) is 6.08 Å². The monoisotopic (exact) mass is 306 g/mol. The number of hydrogen-bond donors (Lipinski definition) is 0. The van der Waals surface area contributed by atoms with Gasteiger partial charge in [0.2, 0.25) is 0 Å². The van der Waals surface area contributed by atoms with Gasteiger partial charge in [0.1, 0.15) is 6.61 Å². The highest BCUT2D eigenvalue weighted by Crippen LogP contribution is 2.29. The highest BCUT2D eigenvalue weighted by Gasteiger charge is 2.30. The van der Waals surface area contributed by atoms with Gasteiger partial charge in [-0.05, 0) is 29.8 Å². The van der Waals surface area contributed by atoms with Crippen LogP contribution in [0.3, 0.4) is 0 Å². The minimum Gasteiger partial charge on any atom is -0.458 e. The lowest BCUT2D eigenvalue weighted by Gasteiger charge is -2.08. The first-order valence-electron chi connectivity index (χ1n) is 6.53. The van der Waals surface area contributed by atoms with Crippen molar-refractivity contribution in [2.45, 2.75) is 6.18 Å². The molecule has 2 nitrogen and oxygen atoms in total. The molecule has 2 aromatic carbocycles. The number of rotatable bonds is 4. The van der Waals surface area contributed by atoms with Crippen LogP contribution in [0.1, 0.15) is 21.5 Å². The number of ether oxygens (including phenoxy) is 1. The highest BCUT2D eigenvalue weighted by molar-refractivity contribution is 5.89. The van der Waals surface area contributed by atoms with Crippen molar-refractivity contribution < 1.29 is 22.7 Å². The third-order valence-corrected chi connectivity index (χ3v) is 2.85. The van der Waals surface area contributed by atoms with Crippen LogP contribution in [-0.2, 0) is 10.9 Å². The number of alkyl halides is 3. The molecule has 114 valence electrons. The molecule has 0 saturated heterocycles. The standard InChI is InChI=1S/C17H13F3O2/c18-17(19,20)15-10-4-9-14(12-15)16(21)22-11-5-8-13-6-2-1-3-7-13/h1-10,12H,11H2/b8-5+. The minimum atomic E-state index is -4.48. The van der Waals surface area contributed by atoms with Crippen molar-refractivity contribution >= 4 is 12.0 Å². The summed E-state index contributed by atoms with van der Waals surface area (Å²) >= 11 is 0. The second-order valence-corrected chi connectivity index (χ2v) is 4.49. The largest absolute Gasteiger partial charge is 0.458 e. The lowest BCUT2D eigenvalue weighted by Crippen LogP contribution is -2.09. The Hall–Kier alpha value is -2.56. The molecule has 0 aliphatic rings. The lowest BCUT2D eigenvalue weighted by atomic mass is 10.1. The molecule has 0 aliphatic carbocycles. The van der Waals surface area contributed by atoms with Crippen molar-refractivity contribution in [3.05, 3.63) is 77.4 Å². The van der Waals surface area contributed by atoms with Crippen molar-refractivity contribution in [2.75, 3.05) is 6.61 Å². The summed E-state index contributed by atoms with van der Waals surface area (Å²) in [5.41, 5.74) is -0.0534. The summed E-state index contributed by atoms with van der Waals surface area (Å²) in [5, 5.41) is 0. The van der Waals surface area contributed by atoms with Gasteiger partial charge in [-0.25, -0.2) is 4.79 Å². The molecule has 0 aromatic heterocycles. The maximum atomic E-state index is 12.6. The first kappa shape index (κ1) is 15.8. The second-order valence-electron chi connectivity index (χ2n) is 4.49. The van der Waals surface area contributed by atoms with Crippen molar-refractivity contribution in [3.63, 3.8) is 0 Å². The molecule has 0 fully saturated rings. The van der Waals surface area contributed by atoms with E-state index in [9.17, 15) is 18.0 Å². The minimum absolute atomic E-state index is 0.00995. The Labute approximate surface area is 125 Å². The SMILES string of the molecule is O=C(OC/C=C/c1ccccc1)c1cccc(C(F)(F)F)c1. The Kier molecular flexibility index (Phi) is 4.99. The summed E-state index contributed by atoms with van der Waals surface area (Å²) in [7, 11) is 0. The van der Waals surface area contributed by atoms with Crippen LogP contribution in [0.5, 0.6) is 0 Å². The quantitative estimate of drug-likeness (QED) is 0.773. The van der Waals surface area contributed by atoms with Crippen LogP contribution in [0.4, 0.5) is 13.2 Å². The first-order chi connectivity index (χ1) is 10.5. The Morgan fingerprint density at radius 1 is 1.05 bits per heavy atom. The van der Waals surface area contributed by atoms with Gasteiger partial charge in [0.05, 0.1) is 11.1 Å². The molecule has 0 N–H and O–H groups in total. The molecule has 0 amide bonds. The Balaban J connectivity index is 1.94. The predicted molar refractivity (Wildman–Crippen MR) is 77.2 cm³/mol. The molecule has 0 atom stereocenters. The van der Waals surface area contributed by atoms with E-state index >= 15 is 0 Å². The zero-order valence-corrected chi connectivity index (χ0v) is 11.5. The van der Waals surface area contributed by atoms with Gasteiger partial charge in [0.25, 0.3) is 0 Å². The van der Waals surface area contributed by atoms with E-state index in [0.717, 1.165) is 17.7 Å². The van der Waals surface area contributed by atoms with E-state index in [-0.39, 0.29) is 12.2 Å². The fraction of sp³-hybridized carbons (Fsp3) is 0.118. The Bertz CT molecular complexity index is 661.